The molecule has 4 rings (SSSR count). The highest BCUT2D eigenvalue weighted by molar-refractivity contribution is 7.87. The van der Waals surface area contributed by atoms with Crippen molar-refractivity contribution in [3.05, 3.63) is 106 Å². The van der Waals surface area contributed by atoms with E-state index in [1.165, 1.54) is 0 Å². The monoisotopic (exact) mass is 486 g/mol. The van der Waals surface area contributed by atoms with E-state index in [2.05, 4.69) is 41.5 Å². The van der Waals surface area contributed by atoms with Gasteiger partial charge < -0.3 is 0 Å². The lowest BCUT2D eigenvalue weighted by Crippen LogP contribution is -2.38. The molecule has 0 saturated carbocycles. The van der Waals surface area contributed by atoms with Gasteiger partial charge >= 0.3 is 5.15 Å². The second kappa shape index (κ2) is 9.54. The first-order chi connectivity index (χ1) is 15.1. The van der Waals surface area contributed by atoms with E-state index in [0.717, 1.165) is 15.9 Å². The van der Waals surface area contributed by atoms with Crippen LogP contribution in [0.5, 0.6) is 0 Å². The molecule has 0 radical (unpaired) electrons. The summed E-state index contributed by atoms with van der Waals surface area (Å²) in [6, 6.07) is 30.8. The topological polar surface area (TPSA) is 29.1 Å². The third kappa shape index (κ3) is 4.16. The zero-order valence-corrected chi connectivity index (χ0v) is 20.0. The largest absolute Gasteiger partial charge is 0.320 e. The van der Waals surface area contributed by atoms with Crippen LogP contribution in [-0.2, 0) is 6.54 Å². The molecule has 0 aliphatic heterocycles. The third-order valence-corrected chi connectivity index (χ3v) is 9.88. The minimum absolute atomic E-state index is 0.253. The summed E-state index contributed by atoms with van der Waals surface area (Å²) in [6.45, 7) is 2.49. The van der Waals surface area contributed by atoms with Gasteiger partial charge in [-0.1, -0.05) is 119 Å². The van der Waals surface area contributed by atoms with E-state index in [1.807, 2.05) is 61.5 Å². The van der Waals surface area contributed by atoms with Crippen LogP contribution >= 0.6 is 41.9 Å². The second-order valence-electron chi connectivity index (χ2n) is 6.80. The number of benzene rings is 3. The average Bonchev–Trinajstić information content (AvgIpc) is 2.84. The highest BCUT2D eigenvalue weighted by atomic mass is 35.5. The Labute approximate surface area is 197 Å². The molecule has 7 heteroatoms. The molecule has 156 valence electrons. The van der Waals surface area contributed by atoms with E-state index in [4.69, 9.17) is 39.5 Å². The van der Waals surface area contributed by atoms with E-state index in [-0.39, 0.29) is 10.0 Å². The van der Waals surface area contributed by atoms with E-state index in [0.29, 0.717) is 17.5 Å². The Morgan fingerprint density at radius 2 is 1.13 bits per heavy atom. The molecule has 0 aliphatic rings. The van der Waals surface area contributed by atoms with Crippen LogP contribution in [0.2, 0.25) is 15.2 Å². The Bertz CT molecular complexity index is 1140. The van der Waals surface area contributed by atoms with Gasteiger partial charge in [0, 0.05) is 21.0 Å². The van der Waals surface area contributed by atoms with Crippen molar-refractivity contribution in [1.82, 2.24) is 5.10 Å². The lowest BCUT2D eigenvalue weighted by atomic mass is 10.4. The minimum atomic E-state index is -2.50. The standard InChI is InChI=1S/C24H20Cl3N3P/c1-2-30-23(27)21(25)22(26)24(28-30)29-31(18-12-6-3-7-13-18,19-14-8-4-9-15-19)20-16-10-5-11-17-20/h3-17H,2H2,1H3/q+1. The zero-order valence-electron chi connectivity index (χ0n) is 16.8. The van der Waals surface area contributed by atoms with Crippen LogP contribution in [-0.4, -0.2) is 5.10 Å². The van der Waals surface area contributed by atoms with Crippen LogP contribution in [0.15, 0.2) is 95.7 Å². The van der Waals surface area contributed by atoms with Gasteiger partial charge in [-0.05, 0) is 18.5 Å². The predicted octanol–water partition coefficient (Wildman–Crippen LogP) is 6.16. The molecule has 0 spiro atoms. The number of aryl methyl sites for hydroxylation is 1. The summed E-state index contributed by atoms with van der Waals surface area (Å²) in [5.41, 5.74) is 0. The van der Waals surface area contributed by atoms with Crippen molar-refractivity contribution in [2.24, 2.45) is 4.74 Å². The van der Waals surface area contributed by atoms with Gasteiger partial charge in [0.25, 0.3) is 0 Å². The molecule has 0 bridgehead atoms. The summed E-state index contributed by atoms with van der Waals surface area (Å²) in [4.78, 5) is 0. The van der Waals surface area contributed by atoms with Gasteiger partial charge in [-0.15, -0.1) is 0 Å². The molecule has 0 aliphatic carbocycles. The number of halogens is 3. The Balaban J connectivity index is 2.18. The summed E-state index contributed by atoms with van der Waals surface area (Å²) in [5, 5.41) is 8.74. The molecule has 0 N–H and O–H groups in total. The molecule has 1 heterocycles. The predicted molar refractivity (Wildman–Crippen MR) is 132 cm³/mol. The quantitative estimate of drug-likeness (QED) is 0.245. The first kappa shape index (κ1) is 22.0. The van der Waals surface area contributed by atoms with Crippen molar-refractivity contribution in [2.45, 2.75) is 13.5 Å². The van der Waals surface area contributed by atoms with Crippen LogP contribution in [0, 0.1) is 0 Å². The van der Waals surface area contributed by atoms with Crippen LogP contribution in [0.4, 0.5) is 5.82 Å². The van der Waals surface area contributed by atoms with Gasteiger partial charge in [-0.3, -0.25) is 0 Å². The first-order valence-electron chi connectivity index (χ1n) is 9.81. The molecule has 3 aromatic carbocycles. The smallest absolute Gasteiger partial charge is 0.228 e. The van der Waals surface area contributed by atoms with E-state index >= 15 is 0 Å². The first-order valence-corrected chi connectivity index (χ1v) is 12.7. The Morgan fingerprint density at radius 1 is 0.710 bits per heavy atom. The highest BCUT2D eigenvalue weighted by Crippen LogP contribution is 2.50. The fourth-order valence-electron chi connectivity index (χ4n) is 3.47. The Hall–Kier alpha value is -2.16. The summed E-state index contributed by atoms with van der Waals surface area (Å²) in [6.07, 6.45) is 0. The van der Waals surface area contributed by atoms with E-state index in [1.54, 1.807) is 4.68 Å². The molecule has 3 nitrogen and oxygen atoms in total. The number of hydrogen-bond donors (Lipinski definition) is 0. The van der Waals surface area contributed by atoms with Gasteiger partial charge in [0.2, 0.25) is 5.82 Å². The molecule has 31 heavy (non-hydrogen) atoms. The van der Waals surface area contributed by atoms with Crippen molar-refractivity contribution in [3.63, 3.8) is 0 Å². The summed E-state index contributed by atoms with van der Waals surface area (Å²) in [5.74, 6) is 0.378. The third-order valence-electron chi connectivity index (χ3n) is 4.95. The molecule has 0 amide bonds. The molecule has 4 aromatic rings. The van der Waals surface area contributed by atoms with Crippen LogP contribution < -0.4 is 20.6 Å². The SMILES string of the molecule is CC[n+]1nc(N=P(c2ccccc2)(c2ccccc2)c2ccccc2)c(Cl)c(Cl)c1Cl. The lowest BCUT2D eigenvalue weighted by Gasteiger charge is -2.26. The number of aromatic nitrogens is 2. The Morgan fingerprint density at radius 3 is 1.52 bits per heavy atom. The molecular weight excluding hydrogens is 468 g/mol. The van der Waals surface area contributed by atoms with Crippen molar-refractivity contribution >= 4 is 63.6 Å². The number of nitrogens with zero attached hydrogens (tertiary/aromatic N) is 3. The van der Waals surface area contributed by atoms with Gasteiger partial charge in [-0.25, -0.2) is 4.74 Å². The number of rotatable bonds is 5. The van der Waals surface area contributed by atoms with Crippen LogP contribution in [0.3, 0.4) is 0 Å². The Kier molecular flexibility index (Phi) is 6.79. The number of hydrogen-bond acceptors (Lipinski definition) is 2. The van der Waals surface area contributed by atoms with Crippen molar-refractivity contribution in [1.29, 1.82) is 0 Å². The summed E-state index contributed by atoms with van der Waals surface area (Å²) in [7, 11) is -2.50. The maximum absolute atomic E-state index is 6.63. The van der Waals surface area contributed by atoms with Gasteiger partial charge in [0.15, 0.2) is 11.6 Å². The average molecular weight is 488 g/mol. The van der Waals surface area contributed by atoms with Crippen molar-refractivity contribution in [3.8, 4) is 0 Å². The summed E-state index contributed by atoms with van der Waals surface area (Å²) < 4.78 is 6.93. The summed E-state index contributed by atoms with van der Waals surface area (Å²) >= 11 is 19.4. The highest BCUT2D eigenvalue weighted by Gasteiger charge is 2.30. The molecule has 0 atom stereocenters. The molecule has 0 fully saturated rings. The van der Waals surface area contributed by atoms with Crippen molar-refractivity contribution in [2.75, 3.05) is 0 Å². The minimum Gasteiger partial charge on any atom is -0.228 e. The van der Waals surface area contributed by atoms with Gasteiger partial charge in [0.05, 0.1) is 7.05 Å². The fraction of sp³-hybridized carbons (Fsp3) is 0.0833. The van der Waals surface area contributed by atoms with Gasteiger partial charge in [-0.2, -0.15) is 0 Å². The van der Waals surface area contributed by atoms with E-state index in [9.17, 15) is 0 Å². The maximum atomic E-state index is 6.63. The fourth-order valence-corrected chi connectivity index (χ4v) is 7.66. The molecule has 0 saturated heterocycles. The second-order valence-corrected chi connectivity index (χ2v) is 10.9. The van der Waals surface area contributed by atoms with Crippen LogP contribution in [0.25, 0.3) is 0 Å². The van der Waals surface area contributed by atoms with E-state index < -0.39 is 7.05 Å². The molecule has 0 unspecified atom stereocenters. The van der Waals surface area contributed by atoms with Crippen molar-refractivity contribution < 1.29 is 4.68 Å². The molecular formula is C24H20Cl3N3P+. The van der Waals surface area contributed by atoms with Crippen LogP contribution in [0.1, 0.15) is 6.92 Å². The zero-order chi connectivity index (χ0) is 21.8. The van der Waals surface area contributed by atoms with Gasteiger partial charge in [0.1, 0.15) is 5.02 Å². The lowest BCUT2D eigenvalue weighted by molar-refractivity contribution is -0.747. The molecule has 1 aromatic heterocycles. The maximum Gasteiger partial charge on any atom is 0.320 e. The normalized spacial score (nSPS) is 11.4.